The molecule has 15 heavy (non-hydrogen) atoms. The summed E-state index contributed by atoms with van der Waals surface area (Å²) < 4.78 is 0. The van der Waals surface area contributed by atoms with E-state index >= 15 is 0 Å². The Morgan fingerprint density at radius 2 is 2.47 bits per heavy atom. The van der Waals surface area contributed by atoms with Crippen molar-refractivity contribution in [2.75, 3.05) is 11.9 Å². The van der Waals surface area contributed by atoms with E-state index in [2.05, 4.69) is 10.3 Å². The van der Waals surface area contributed by atoms with Gasteiger partial charge in [-0.15, -0.1) is 0 Å². The second-order valence-electron chi connectivity index (χ2n) is 3.24. The van der Waals surface area contributed by atoms with Gasteiger partial charge in [-0.05, 0) is 18.6 Å². The van der Waals surface area contributed by atoms with E-state index < -0.39 is 12.0 Å². The van der Waals surface area contributed by atoms with Crippen molar-refractivity contribution in [3.05, 3.63) is 24.0 Å². The summed E-state index contributed by atoms with van der Waals surface area (Å²) in [6.45, 7) is 2.34. The van der Waals surface area contributed by atoms with Crippen molar-refractivity contribution in [2.24, 2.45) is 5.73 Å². The van der Waals surface area contributed by atoms with E-state index in [4.69, 9.17) is 5.73 Å². The highest BCUT2D eigenvalue weighted by molar-refractivity contribution is 5.91. The number of amides is 1. The van der Waals surface area contributed by atoms with Gasteiger partial charge in [0.1, 0.15) is 5.69 Å². The molecule has 0 aromatic carbocycles. The van der Waals surface area contributed by atoms with E-state index in [9.17, 15) is 9.90 Å². The zero-order valence-corrected chi connectivity index (χ0v) is 8.60. The number of nitrogens with two attached hydrogens (primary N) is 1. The first-order chi connectivity index (χ1) is 7.13. The van der Waals surface area contributed by atoms with Gasteiger partial charge in [0.25, 0.3) is 5.91 Å². The van der Waals surface area contributed by atoms with Gasteiger partial charge in [0.15, 0.2) is 0 Å². The van der Waals surface area contributed by atoms with E-state index in [1.807, 2.05) is 6.92 Å². The number of aliphatic hydroxyl groups excluding tert-OH is 1. The molecular weight excluding hydrogens is 194 g/mol. The minimum atomic E-state index is -0.560. The van der Waals surface area contributed by atoms with Crippen molar-refractivity contribution < 1.29 is 9.90 Å². The first kappa shape index (κ1) is 11.5. The van der Waals surface area contributed by atoms with Crippen molar-refractivity contribution in [1.82, 2.24) is 4.98 Å². The monoisotopic (exact) mass is 209 g/mol. The maximum atomic E-state index is 10.8. The van der Waals surface area contributed by atoms with Crippen LogP contribution in [0.4, 0.5) is 5.69 Å². The first-order valence-corrected chi connectivity index (χ1v) is 4.81. The van der Waals surface area contributed by atoms with E-state index in [-0.39, 0.29) is 5.69 Å². The molecule has 0 fully saturated rings. The molecule has 0 saturated carbocycles. The van der Waals surface area contributed by atoms with Crippen LogP contribution in [-0.4, -0.2) is 28.6 Å². The Labute approximate surface area is 88.3 Å². The lowest BCUT2D eigenvalue weighted by molar-refractivity contribution is 0.0995. The minimum Gasteiger partial charge on any atom is -0.391 e. The standard InChI is InChI=1S/C10H15N3O2/c1-2-8(14)6-13-7-3-4-12-9(5-7)10(11)15/h3-5,8,14H,2,6H2,1H3,(H2,11,15)(H,12,13). The Morgan fingerprint density at radius 1 is 1.73 bits per heavy atom. The van der Waals surface area contributed by atoms with E-state index in [1.165, 1.54) is 6.20 Å². The van der Waals surface area contributed by atoms with Crippen molar-refractivity contribution in [1.29, 1.82) is 0 Å². The third-order valence-corrected chi connectivity index (χ3v) is 2.03. The third kappa shape index (κ3) is 3.55. The number of carbonyl (C=O) groups excluding carboxylic acids is 1. The highest BCUT2D eigenvalue weighted by Crippen LogP contribution is 2.07. The quantitative estimate of drug-likeness (QED) is 0.653. The minimum absolute atomic E-state index is 0.214. The Morgan fingerprint density at radius 3 is 3.07 bits per heavy atom. The molecule has 0 saturated heterocycles. The lowest BCUT2D eigenvalue weighted by Crippen LogP contribution is -2.19. The maximum Gasteiger partial charge on any atom is 0.267 e. The fourth-order valence-corrected chi connectivity index (χ4v) is 1.06. The number of aromatic nitrogens is 1. The Hall–Kier alpha value is -1.62. The van der Waals surface area contributed by atoms with Crippen LogP contribution in [0.25, 0.3) is 0 Å². The molecule has 0 aliphatic heterocycles. The van der Waals surface area contributed by atoms with Gasteiger partial charge in [0, 0.05) is 18.4 Å². The summed E-state index contributed by atoms with van der Waals surface area (Å²) in [5.41, 5.74) is 6.03. The van der Waals surface area contributed by atoms with Gasteiger partial charge in [0.2, 0.25) is 0 Å². The number of aliphatic hydroxyl groups is 1. The van der Waals surface area contributed by atoms with Crippen LogP contribution in [0.1, 0.15) is 23.8 Å². The molecular formula is C10H15N3O2. The highest BCUT2D eigenvalue weighted by atomic mass is 16.3. The molecule has 1 unspecified atom stereocenters. The molecule has 0 aliphatic carbocycles. The molecule has 1 rings (SSSR count). The maximum absolute atomic E-state index is 10.8. The number of nitrogens with one attached hydrogen (secondary N) is 1. The molecule has 4 N–H and O–H groups in total. The lowest BCUT2D eigenvalue weighted by Gasteiger charge is -2.10. The molecule has 5 heteroatoms. The summed E-state index contributed by atoms with van der Waals surface area (Å²) in [5, 5.41) is 12.3. The Bertz CT molecular complexity index is 341. The zero-order valence-electron chi connectivity index (χ0n) is 8.60. The SMILES string of the molecule is CCC(O)CNc1ccnc(C(N)=O)c1. The van der Waals surface area contributed by atoms with Crippen LogP contribution in [0, 0.1) is 0 Å². The van der Waals surface area contributed by atoms with Gasteiger partial charge < -0.3 is 16.2 Å². The van der Waals surface area contributed by atoms with Crippen LogP contribution in [-0.2, 0) is 0 Å². The van der Waals surface area contributed by atoms with Gasteiger partial charge in [-0.2, -0.15) is 0 Å². The summed E-state index contributed by atoms with van der Waals surface area (Å²) in [5.74, 6) is -0.560. The van der Waals surface area contributed by atoms with Gasteiger partial charge in [-0.1, -0.05) is 6.92 Å². The second kappa shape index (κ2) is 5.31. The van der Waals surface area contributed by atoms with Crippen molar-refractivity contribution in [3.63, 3.8) is 0 Å². The number of pyridine rings is 1. The molecule has 1 heterocycles. The fraction of sp³-hybridized carbons (Fsp3) is 0.400. The topological polar surface area (TPSA) is 88.2 Å². The Kier molecular flexibility index (Phi) is 4.05. The smallest absolute Gasteiger partial charge is 0.267 e. The van der Waals surface area contributed by atoms with Crippen LogP contribution in [0.5, 0.6) is 0 Å². The van der Waals surface area contributed by atoms with Crippen molar-refractivity contribution in [2.45, 2.75) is 19.4 Å². The number of hydrogen-bond acceptors (Lipinski definition) is 4. The fourth-order valence-electron chi connectivity index (χ4n) is 1.06. The van der Waals surface area contributed by atoms with Crippen LogP contribution in [0.2, 0.25) is 0 Å². The van der Waals surface area contributed by atoms with Crippen molar-refractivity contribution in [3.8, 4) is 0 Å². The molecule has 0 bridgehead atoms. The van der Waals surface area contributed by atoms with E-state index in [0.29, 0.717) is 13.0 Å². The predicted molar refractivity (Wildman–Crippen MR) is 57.5 cm³/mol. The molecule has 82 valence electrons. The zero-order chi connectivity index (χ0) is 11.3. The number of carbonyl (C=O) groups is 1. The molecule has 0 radical (unpaired) electrons. The molecule has 1 aromatic rings. The number of rotatable bonds is 5. The van der Waals surface area contributed by atoms with Crippen LogP contribution >= 0.6 is 0 Å². The molecule has 1 aromatic heterocycles. The molecule has 5 nitrogen and oxygen atoms in total. The largest absolute Gasteiger partial charge is 0.391 e. The summed E-state index contributed by atoms with van der Waals surface area (Å²) in [7, 11) is 0. The number of anilines is 1. The lowest BCUT2D eigenvalue weighted by atomic mass is 10.2. The molecule has 0 spiro atoms. The first-order valence-electron chi connectivity index (χ1n) is 4.81. The normalized spacial score (nSPS) is 12.1. The van der Waals surface area contributed by atoms with Crippen molar-refractivity contribution >= 4 is 11.6 Å². The average Bonchev–Trinajstić information content (AvgIpc) is 2.26. The number of primary amides is 1. The van der Waals surface area contributed by atoms with Crippen LogP contribution in [0.3, 0.4) is 0 Å². The van der Waals surface area contributed by atoms with Crippen LogP contribution in [0.15, 0.2) is 18.3 Å². The average molecular weight is 209 g/mol. The predicted octanol–water partition coefficient (Wildman–Crippen LogP) is 0.363. The number of hydrogen-bond donors (Lipinski definition) is 3. The highest BCUT2D eigenvalue weighted by Gasteiger charge is 2.04. The van der Waals surface area contributed by atoms with Gasteiger partial charge in [0.05, 0.1) is 6.10 Å². The van der Waals surface area contributed by atoms with Gasteiger partial charge >= 0.3 is 0 Å². The van der Waals surface area contributed by atoms with Gasteiger partial charge in [-0.3, -0.25) is 9.78 Å². The summed E-state index contributed by atoms with van der Waals surface area (Å²) in [4.78, 5) is 14.6. The Balaban J connectivity index is 2.62. The summed E-state index contributed by atoms with van der Waals surface area (Å²) in [6.07, 6.45) is 1.79. The third-order valence-electron chi connectivity index (χ3n) is 2.03. The summed E-state index contributed by atoms with van der Waals surface area (Å²) >= 11 is 0. The van der Waals surface area contributed by atoms with E-state index in [1.54, 1.807) is 12.1 Å². The second-order valence-corrected chi connectivity index (χ2v) is 3.24. The molecule has 0 aliphatic rings. The van der Waals surface area contributed by atoms with Gasteiger partial charge in [-0.25, -0.2) is 0 Å². The summed E-state index contributed by atoms with van der Waals surface area (Å²) in [6, 6.07) is 3.28. The molecule has 1 amide bonds. The molecule has 1 atom stereocenters. The number of nitrogens with zero attached hydrogens (tertiary/aromatic N) is 1. The van der Waals surface area contributed by atoms with E-state index in [0.717, 1.165) is 5.69 Å². The van der Waals surface area contributed by atoms with Crippen LogP contribution < -0.4 is 11.1 Å².